The largest absolute Gasteiger partial charge is 0.299 e. The quantitative estimate of drug-likeness (QED) is 0.759. The molecule has 1 aromatic rings. The fraction of sp³-hybridized carbons (Fsp3) is 0.571. The summed E-state index contributed by atoms with van der Waals surface area (Å²) in [5, 5.41) is 0.726. The van der Waals surface area contributed by atoms with E-state index >= 15 is 0 Å². The predicted molar refractivity (Wildman–Crippen MR) is 84.5 cm³/mol. The van der Waals surface area contributed by atoms with Gasteiger partial charge < -0.3 is 0 Å². The van der Waals surface area contributed by atoms with Crippen LogP contribution in [0.4, 0.5) is 0 Å². The second kappa shape index (κ2) is 6.56. The number of sulfonamides is 1. The van der Waals surface area contributed by atoms with Gasteiger partial charge in [-0.1, -0.05) is 28.1 Å². The first-order valence-corrected chi connectivity index (χ1v) is 9.41. The third-order valence-electron chi connectivity index (χ3n) is 3.77. The molecule has 112 valence electrons. The molecule has 1 atom stereocenters. The Morgan fingerprint density at radius 2 is 1.95 bits per heavy atom. The monoisotopic (exact) mass is 360 g/mol. The number of likely N-dealkylation sites (N-methyl/N-ethyl adjacent to an activating group) is 1. The molecule has 0 heterocycles. The van der Waals surface area contributed by atoms with Crippen molar-refractivity contribution in [3.05, 3.63) is 29.8 Å². The first-order valence-electron chi connectivity index (χ1n) is 6.80. The molecular weight excluding hydrogens is 340 g/mol. The molecule has 1 saturated carbocycles. The van der Waals surface area contributed by atoms with Gasteiger partial charge in [-0.2, -0.15) is 0 Å². The minimum atomic E-state index is -3.41. The van der Waals surface area contributed by atoms with Gasteiger partial charge in [-0.25, -0.2) is 13.1 Å². The highest BCUT2D eigenvalue weighted by Crippen LogP contribution is 2.26. The number of nitrogens with zero attached hydrogens (tertiary/aromatic N) is 1. The number of alkyl halides is 1. The summed E-state index contributed by atoms with van der Waals surface area (Å²) in [6, 6.07) is 7.78. The van der Waals surface area contributed by atoms with Crippen molar-refractivity contribution >= 4 is 26.0 Å². The minimum Gasteiger partial charge on any atom is -0.299 e. The first kappa shape index (κ1) is 15.9. The lowest BCUT2D eigenvalue weighted by Crippen LogP contribution is -2.41. The van der Waals surface area contributed by atoms with Crippen LogP contribution in [0.2, 0.25) is 0 Å². The normalized spacial score (nSPS) is 17.4. The van der Waals surface area contributed by atoms with Gasteiger partial charge >= 0.3 is 0 Å². The van der Waals surface area contributed by atoms with Crippen molar-refractivity contribution in [2.24, 2.45) is 0 Å². The van der Waals surface area contributed by atoms with Crippen LogP contribution in [0.15, 0.2) is 29.2 Å². The molecule has 0 radical (unpaired) electrons. The van der Waals surface area contributed by atoms with Crippen molar-refractivity contribution in [2.75, 3.05) is 13.6 Å². The summed E-state index contributed by atoms with van der Waals surface area (Å²) in [6.45, 7) is 2.49. The van der Waals surface area contributed by atoms with Crippen LogP contribution in [-0.4, -0.2) is 39.0 Å². The summed E-state index contributed by atoms with van der Waals surface area (Å²) >= 11 is 3.35. The molecule has 0 amide bonds. The summed E-state index contributed by atoms with van der Waals surface area (Å²) in [7, 11) is -1.35. The molecule has 1 fully saturated rings. The van der Waals surface area contributed by atoms with Crippen molar-refractivity contribution < 1.29 is 8.42 Å². The Bertz CT molecular complexity index is 541. The van der Waals surface area contributed by atoms with Gasteiger partial charge in [-0.3, -0.25) is 4.90 Å². The summed E-state index contributed by atoms with van der Waals surface area (Å²) in [5.41, 5.74) is 1.06. The lowest BCUT2D eigenvalue weighted by Gasteiger charge is -2.24. The summed E-state index contributed by atoms with van der Waals surface area (Å²) in [4.78, 5) is 2.57. The zero-order valence-corrected chi connectivity index (χ0v) is 14.2. The van der Waals surface area contributed by atoms with Crippen LogP contribution in [0.5, 0.6) is 0 Å². The molecule has 20 heavy (non-hydrogen) atoms. The van der Waals surface area contributed by atoms with Crippen LogP contribution in [0.25, 0.3) is 0 Å². The fourth-order valence-electron chi connectivity index (χ4n) is 2.06. The van der Waals surface area contributed by atoms with Crippen molar-refractivity contribution in [2.45, 2.75) is 42.1 Å². The van der Waals surface area contributed by atoms with Crippen molar-refractivity contribution in [3.8, 4) is 0 Å². The smallest absolute Gasteiger partial charge is 0.240 e. The number of rotatable bonds is 7. The highest BCUT2D eigenvalue weighted by molar-refractivity contribution is 9.08. The lowest BCUT2D eigenvalue weighted by atomic mass is 10.2. The first-order chi connectivity index (χ1) is 9.44. The maximum Gasteiger partial charge on any atom is 0.240 e. The van der Waals surface area contributed by atoms with Crippen LogP contribution in [-0.2, 0) is 15.4 Å². The van der Waals surface area contributed by atoms with E-state index in [2.05, 4.69) is 39.5 Å². The standard InChI is InChI=1S/C14H21BrN2O2S/c1-11(17(2)13-5-6-13)10-16-20(18,19)14-7-3-12(9-15)4-8-14/h3-4,7-8,11,13,16H,5-6,9-10H2,1-2H3. The minimum absolute atomic E-state index is 0.207. The van der Waals surface area contributed by atoms with Crippen LogP contribution in [0.3, 0.4) is 0 Å². The van der Waals surface area contributed by atoms with Crippen LogP contribution in [0.1, 0.15) is 25.3 Å². The second-order valence-electron chi connectivity index (χ2n) is 5.38. The Kier molecular flexibility index (Phi) is 5.23. The zero-order chi connectivity index (χ0) is 14.8. The summed E-state index contributed by atoms with van der Waals surface area (Å²) in [5.74, 6) is 0. The Morgan fingerprint density at radius 1 is 1.35 bits per heavy atom. The van der Waals surface area contributed by atoms with E-state index in [1.807, 2.05) is 12.1 Å². The van der Waals surface area contributed by atoms with Gasteiger partial charge in [-0.05, 0) is 44.5 Å². The van der Waals surface area contributed by atoms with Gasteiger partial charge in [0.2, 0.25) is 10.0 Å². The van der Waals surface area contributed by atoms with E-state index in [1.54, 1.807) is 12.1 Å². The van der Waals surface area contributed by atoms with E-state index in [9.17, 15) is 8.42 Å². The van der Waals surface area contributed by atoms with E-state index < -0.39 is 10.0 Å². The van der Waals surface area contributed by atoms with Crippen LogP contribution in [0, 0.1) is 0 Å². The average molecular weight is 361 g/mol. The molecule has 1 unspecified atom stereocenters. The van der Waals surface area contributed by atoms with Gasteiger partial charge in [0.25, 0.3) is 0 Å². The Balaban J connectivity index is 1.95. The average Bonchev–Trinajstić information content (AvgIpc) is 3.28. The highest BCUT2D eigenvalue weighted by Gasteiger charge is 2.29. The molecule has 1 N–H and O–H groups in total. The molecule has 0 aromatic heterocycles. The van der Waals surface area contributed by atoms with E-state index in [0.29, 0.717) is 17.5 Å². The van der Waals surface area contributed by atoms with Gasteiger partial charge in [0.1, 0.15) is 0 Å². The second-order valence-corrected chi connectivity index (χ2v) is 7.70. The molecule has 0 spiro atoms. The van der Waals surface area contributed by atoms with E-state index in [0.717, 1.165) is 10.9 Å². The third kappa shape index (κ3) is 4.04. The number of hydrogen-bond acceptors (Lipinski definition) is 3. The molecule has 6 heteroatoms. The SMILES string of the molecule is CC(CNS(=O)(=O)c1ccc(CBr)cc1)N(C)C1CC1. The molecule has 1 aliphatic rings. The molecular formula is C14H21BrN2O2S. The molecule has 4 nitrogen and oxygen atoms in total. The van der Waals surface area contributed by atoms with Gasteiger partial charge in [0, 0.05) is 24.0 Å². The topological polar surface area (TPSA) is 49.4 Å². The van der Waals surface area contributed by atoms with E-state index in [4.69, 9.17) is 0 Å². The summed E-state index contributed by atoms with van der Waals surface area (Å²) < 4.78 is 27.1. The van der Waals surface area contributed by atoms with Crippen LogP contribution >= 0.6 is 15.9 Å². The molecule has 1 aromatic carbocycles. The number of halogens is 1. The third-order valence-corrected chi connectivity index (χ3v) is 5.86. The number of hydrogen-bond donors (Lipinski definition) is 1. The fourth-order valence-corrected chi connectivity index (χ4v) is 3.55. The van der Waals surface area contributed by atoms with Gasteiger partial charge in [0.05, 0.1) is 4.90 Å². The zero-order valence-electron chi connectivity index (χ0n) is 11.8. The Hall–Kier alpha value is -0.430. The molecule has 0 aliphatic heterocycles. The molecule has 0 saturated heterocycles. The number of benzene rings is 1. The maximum absolute atomic E-state index is 12.2. The number of nitrogens with one attached hydrogen (secondary N) is 1. The molecule has 2 rings (SSSR count). The Morgan fingerprint density at radius 3 is 2.45 bits per heavy atom. The van der Waals surface area contributed by atoms with Crippen LogP contribution < -0.4 is 4.72 Å². The van der Waals surface area contributed by atoms with E-state index in [-0.39, 0.29) is 6.04 Å². The summed E-state index contributed by atoms with van der Waals surface area (Å²) in [6.07, 6.45) is 2.45. The Labute approximate surface area is 129 Å². The van der Waals surface area contributed by atoms with Crippen molar-refractivity contribution in [3.63, 3.8) is 0 Å². The lowest BCUT2D eigenvalue weighted by molar-refractivity contribution is 0.248. The highest BCUT2D eigenvalue weighted by atomic mass is 79.9. The predicted octanol–water partition coefficient (Wildman–Crippen LogP) is 2.34. The molecule has 0 bridgehead atoms. The molecule has 1 aliphatic carbocycles. The maximum atomic E-state index is 12.2. The van der Waals surface area contributed by atoms with Crippen molar-refractivity contribution in [1.29, 1.82) is 0 Å². The van der Waals surface area contributed by atoms with E-state index in [1.165, 1.54) is 12.8 Å². The van der Waals surface area contributed by atoms with Crippen molar-refractivity contribution in [1.82, 2.24) is 9.62 Å². The van der Waals surface area contributed by atoms with Gasteiger partial charge in [0.15, 0.2) is 0 Å². The van der Waals surface area contributed by atoms with Gasteiger partial charge in [-0.15, -0.1) is 0 Å².